The van der Waals surface area contributed by atoms with Gasteiger partial charge in [0, 0.05) is 25.8 Å². The van der Waals surface area contributed by atoms with E-state index < -0.39 is 11.2 Å². The number of rotatable bonds is 3. The fraction of sp³-hybridized carbons (Fsp3) is 0.333. The van der Waals surface area contributed by atoms with E-state index in [2.05, 4.69) is 16.0 Å². The van der Waals surface area contributed by atoms with E-state index in [4.69, 9.17) is 11.6 Å². The van der Waals surface area contributed by atoms with Crippen LogP contribution in [0.25, 0.3) is 0 Å². The Bertz CT molecular complexity index is 719. The third-order valence-corrected chi connectivity index (χ3v) is 4.76. The van der Waals surface area contributed by atoms with Gasteiger partial charge in [-0.2, -0.15) is 5.26 Å². The second-order valence-corrected chi connectivity index (χ2v) is 6.34. The molecule has 5 heteroatoms. The van der Waals surface area contributed by atoms with Crippen LogP contribution >= 0.6 is 11.6 Å². The van der Waals surface area contributed by atoms with Crippen LogP contribution in [0.5, 0.6) is 0 Å². The zero-order chi connectivity index (χ0) is 16.3. The fourth-order valence-electron chi connectivity index (χ4n) is 3.06. The highest BCUT2D eigenvalue weighted by molar-refractivity contribution is 6.30. The predicted molar refractivity (Wildman–Crippen MR) is 87.4 cm³/mol. The molecule has 0 bridgehead atoms. The van der Waals surface area contributed by atoms with Gasteiger partial charge in [0.25, 0.3) is 0 Å². The Balaban J connectivity index is 1.68. The molecule has 23 heavy (non-hydrogen) atoms. The number of hydrogen-bond acceptors (Lipinski definition) is 3. The van der Waals surface area contributed by atoms with Crippen molar-refractivity contribution in [2.45, 2.75) is 24.8 Å². The number of piperidine rings is 1. The van der Waals surface area contributed by atoms with Crippen molar-refractivity contribution in [3.63, 3.8) is 0 Å². The zero-order valence-corrected chi connectivity index (χ0v) is 13.4. The van der Waals surface area contributed by atoms with Gasteiger partial charge in [0.2, 0.25) is 0 Å². The molecule has 3 rings (SSSR count). The first-order chi connectivity index (χ1) is 11.1. The van der Waals surface area contributed by atoms with Crippen molar-refractivity contribution in [2.24, 2.45) is 0 Å². The lowest BCUT2D eigenvalue weighted by atomic mass is 9.76. The molecule has 1 aromatic carbocycles. The Hall–Kier alpha value is -1.96. The third kappa shape index (κ3) is 3.36. The maximum atomic E-state index is 13.2. The Kier molecular flexibility index (Phi) is 4.61. The summed E-state index contributed by atoms with van der Waals surface area (Å²) >= 11 is 5.83. The van der Waals surface area contributed by atoms with E-state index >= 15 is 0 Å². The first kappa shape index (κ1) is 15.9. The first-order valence-corrected chi connectivity index (χ1v) is 8.00. The molecule has 0 spiro atoms. The molecule has 2 aromatic rings. The largest absolute Gasteiger partial charge is 0.299 e. The molecule has 0 saturated carbocycles. The topological polar surface area (TPSA) is 39.9 Å². The summed E-state index contributed by atoms with van der Waals surface area (Å²) < 4.78 is 13.2. The molecule has 0 aliphatic carbocycles. The van der Waals surface area contributed by atoms with Crippen molar-refractivity contribution in [2.75, 3.05) is 13.1 Å². The number of nitrogens with zero attached hydrogens (tertiary/aromatic N) is 3. The second-order valence-electron chi connectivity index (χ2n) is 5.93. The summed E-state index contributed by atoms with van der Waals surface area (Å²) in [7, 11) is 0. The highest BCUT2D eigenvalue weighted by Gasteiger charge is 2.37. The molecule has 3 nitrogen and oxygen atoms in total. The quantitative estimate of drug-likeness (QED) is 0.856. The predicted octanol–water partition coefficient (Wildman–Crippen LogP) is 3.93. The van der Waals surface area contributed by atoms with E-state index in [1.165, 1.54) is 6.07 Å². The SMILES string of the molecule is N#CC1(c2ccccn2)CCN(Cc2ccc(F)c(Cl)c2)CC1. The van der Waals surface area contributed by atoms with Crippen LogP contribution in [-0.4, -0.2) is 23.0 Å². The van der Waals surface area contributed by atoms with E-state index in [0.717, 1.165) is 37.2 Å². The van der Waals surface area contributed by atoms with Crippen molar-refractivity contribution in [1.82, 2.24) is 9.88 Å². The van der Waals surface area contributed by atoms with Gasteiger partial charge in [0.05, 0.1) is 16.8 Å². The molecule has 0 amide bonds. The third-order valence-electron chi connectivity index (χ3n) is 4.47. The number of nitriles is 1. The smallest absolute Gasteiger partial charge is 0.141 e. The highest BCUT2D eigenvalue weighted by atomic mass is 35.5. The van der Waals surface area contributed by atoms with E-state index in [1.54, 1.807) is 18.3 Å². The maximum Gasteiger partial charge on any atom is 0.141 e. The molecule has 1 aromatic heterocycles. The van der Waals surface area contributed by atoms with Gasteiger partial charge in [0.15, 0.2) is 0 Å². The Morgan fingerprint density at radius 3 is 2.65 bits per heavy atom. The number of benzene rings is 1. The van der Waals surface area contributed by atoms with Crippen molar-refractivity contribution in [1.29, 1.82) is 5.26 Å². The van der Waals surface area contributed by atoms with Gasteiger partial charge < -0.3 is 0 Å². The zero-order valence-electron chi connectivity index (χ0n) is 12.7. The molecular formula is C18H17ClFN3. The van der Waals surface area contributed by atoms with Crippen LogP contribution in [0.1, 0.15) is 24.1 Å². The van der Waals surface area contributed by atoms with E-state index in [-0.39, 0.29) is 5.02 Å². The number of halogens is 2. The second kappa shape index (κ2) is 6.66. The monoisotopic (exact) mass is 329 g/mol. The molecule has 1 aliphatic heterocycles. The first-order valence-electron chi connectivity index (χ1n) is 7.62. The van der Waals surface area contributed by atoms with Crippen molar-refractivity contribution >= 4 is 11.6 Å². The lowest BCUT2D eigenvalue weighted by Crippen LogP contribution is -2.41. The van der Waals surface area contributed by atoms with E-state index in [0.29, 0.717) is 6.54 Å². The van der Waals surface area contributed by atoms with E-state index in [9.17, 15) is 9.65 Å². The van der Waals surface area contributed by atoms with Crippen LogP contribution in [0, 0.1) is 17.1 Å². The number of aromatic nitrogens is 1. The van der Waals surface area contributed by atoms with Crippen molar-refractivity contribution < 1.29 is 4.39 Å². The number of likely N-dealkylation sites (tertiary alicyclic amines) is 1. The van der Waals surface area contributed by atoms with Gasteiger partial charge in [-0.05, 0) is 42.7 Å². The van der Waals surface area contributed by atoms with E-state index in [1.807, 2.05) is 18.2 Å². The minimum absolute atomic E-state index is 0.152. The van der Waals surface area contributed by atoms with Crippen LogP contribution < -0.4 is 0 Å². The molecule has 1 saturated heterocycles. The average Bonchev–Trinajstić information content (AvgIpc) is 2.60. The number of pyridine rings is 1. The summed E-state index contributed by atoms with van der Waals surface area (Å²) in [5.74, 6) is -0.396. The average molecular weight is 330 g/mol. The molecular weight excluding hydrogens is 313 g/mol. The minimum Gasteiger partial charge on any atom is -0.299 e. The van der Waals surface area contributed by atoms with Crippen LogP contribution in [0.2, 0.25) is 5.02 Å². The Morgan fingerprint density at radius 1 is 1.26 bits per heavy atom. The fourth-order valence-corrected chi connectivity index (χ4v) is 3.26. The molecule has 1 aliphatic rings. The van der Waals surface area contributed by atoms with Gasteiger partial charge >= 0.3 is 0 Å². The summed E-state index contributed by atoms with van der Waals surface area (Å²) in [6.07, 6.45) is 3.23. The van der Waals surface area contributed by atoms with Gasteiger partial charge in [0.1, 0.15) is 11.2 Å². The van der Waals surface area contributed by atoms with Crippen molar-refractivity contribution in [3.8, 4) is 6.07 Å². The molecule has 0 unspecified atom stereocenters. The van der Waals surface area contributed by atoms with Gasteiger partial charge in [-0.3, -0.25) is 9.88 Å². The summed E-state index contributed by atoms with van der Waals surface area (Å²) in [4.78, 5) is 6.64. The molecule has 118 valence electrons. The lowest BCUT2D eigenvalue weighted by molar-refractivity contribution is 0.177. The lowest BCUT2D eigenvalue weighted by Gasteiger charge is -2.36. The molecule has 2 heterocycles. The maximum absolute atomic E-state index is 13.2. The summed E-state index contributed by atoms with van der Waals surface area (Å²) in [6, 6.07) is 13.0. The van der Waals surface area contributed by atoms with Crippen molar-refractivity contribution in [3.05, 3.63) is 64.7 Å². The van der Waals surface area contributed by atoms with Gasteiger partial charge in [-0.15, -0.1) is 0 Å². The Morgan fingerprint density at radius 2 is 2.04 bits per heavy atom. The molecule has 1 fully saturated rings. The normalized spacial score (nSPS) is 17.6. The van der Waals surface area contributed by atoms with Crippen LogP contribution in [-0.2, 0) is 12.0 Å². The van der Waals surface area contributed by atoms with Gasteiger partial charge in [-0.25, -0.2) is 4.39 Å². The summed E-state index contributed by atoms with van der Waals surface area (Å²) in [6.45, 7) is 2.32. The summed E-state index contributed by atoms with van der Waals surface area (Å²) in [5.41, 5.74) is 1.34. The molecule has 0 N–H and O–H groups in total. The van der Waals surface area contributed by atoms with Crippen LogP contribution in [0.4, 0.5) is 4.39 Å². The van der Waals surface area contributed by atoms with Crippen LogP contribution in [0.15, 0.2) is 42.6 Å². The van der Waals surface area contributed by atoms with Gasteiger partial charge in [-0.1, -0.05) is 23.7 Å². The van der Waals surface area contributed by atoms with Crippen LogP contribution in [0.3, 0.4) is 0 Å². The molecule has 0 radical (unpaired) electrons. The minimum atomic E-state index is -0.502. The highest BCUT2D eigenvalue weighted by Crippen LogP contribution is 2.34. The standard InChI is InChI=1S/C18H17ClFN3/c19-15-11-14(4-5-16(15)20)12-23-9-6-18(13-21,7-10-23)17-3-1-2-8-22-17/h1-5,8,11H,6-7,9-10,12H2. The number of hydrogen-bond donors (Lipinski definition) is 0. The summed E-state index contributed by atoms with van der Waals surface area (Å²) in [5, 5.41) is 9.82. The molecule has 0 atom stereocenters. The Labute approximate surface area is 140 Å².